The number of carbonyl (C=O) groups is 5. The molecule has 13 heteroatoms. The molecule has 0 saturated heterocycles. The van der Waals surface area contributed by atoms with E-state index < -0.39 is 56.0 Å². The van der Waals surface area contributed by atoms with Gasteiger partial charge in [0, 0.05) is 32.6 Å². The van der Waals surface area contributed by atoms with Crippen LogP contribution in [-0.4, -0.2) is 129 Å². The Balaban J connectivity index is 4.92. The molecular weight excluding hydrogens is 394 g/mol. The van der Waals surface area contributed by atoms with Crippen LogP contribution in [0.2, 0.25) is 0 Å². The van der Waals surface area contributed by atoms with Gasteiger partial charge in [-0.05, 0) is 13.0 Å². The smallest absolute Gasteiger partial charge is 0.317 e. The van der Waals surface area contributed by atoms with E-state index in [0.29, 0.717) is 0 Å². The van der Waals surface area contributed by atoms with Crippen molar-refractivity contribution in [2.24, 2.45) is 0 Å². The molecule has 0 aromatic carbocycles. The Morgan fingerprint density at radius 1 is 0.448 bits per heavy atom. The van der Waals surface area contributed by atoms with Gasteiger partial charge in [-0.1, -0.05) is 0 Å². The average molecular weight is 421 g/mol. The van der Waals surface area contributed by atoms with E-state index in [1.165, 1.54) is 9.80 Å². The molecule has 166 valence electrons. The molecule has 0 atom stereocenters. The van der Waals surface area contributed by atoms with Crippen molar-refractivity contribution in [2.75, 3.05) is 58.9 Å². The van der Waals surface area contributed by atoms with Crippen molar-refractivity contribution in [2.45, 2.75) is 12.8 Å². The van der Waals surface area contributed by atoms with E-state index in [-0.39, 0.29) is 45.6 Å². The van der Waals surface area contributed by atoms with Crippen molar-refractivity contribution in [1.82, 2.24) is 14.7 Å². The molecule has 0 radical (unpaired) electrons. The lowest BCUT2D eigenvalue weighted by Crippen LogP contribution is -2.44. The third-order valence-electron chi connectivity index (χ3n) is 3.77. The second-order valence-corrected chi connectivity index (χ2v) is 6.34. The third-order valence-corrected chi connectivity index (χ3v) is 3.77. The molecule has 0 rings (SSSR count). The molecule has 0 unspecified atom stereocenters. The molecule has 0 fully saturated rings. The van der Waals surface area contributed by atoms with Crippen LogP contribution in [0, 0.1) is 0 Å². The number of carboxylic acid groups (broad SMARTS) is 5. The summed E-state index contributed by atoms with van der Waals surface area (Å²) in [4.78, 5) is 58.3. The van der Waals surface area contributed by atoms with Gasteiger partial charge in [0.25, 0.3) is 0 Å². The maximum Gasteiger partial charge on any atom is 0.317 e. The first kappa shape index (κ1) is 26.2. The van der Waals surface area contributed by atoms with Gasteiger partial charge in [-0.2, -0.15) is 0 Å². The van der Waals surface area contributed by atoms with Crippen LogP contribution in [0.1, 0.15) is 12.8 Å². The van der Waals surface area contributed by atoms with Gasteiger partial charge in [-0.15, -0.1) is 0 Å². The molecule has 0 bridgehead atoms. The maximum absolute atomic E-state index is 10.9. The van der Waals surface area contributed by atoms with Crippen molar-refractivity contribution in [3.05, 3.63) is 0 Å². The standard InChI is InChI=1S/C16H27N3O10/c20-12(21)2-1-3-17(4-6-18(8-13(22)23)9-14(24)25)5-7-19(10-15(26)27)11-16(28)29/h1-11H2,(H,20,21)(H,22,23)(H,24,25)(H,26,27)(H,28,29). The van der Waals surface area contributed by atoms with Gasteiger partial charge in [0.2, 0.25) is 0 Å². The minimum absolute atomic E-state index is 0.0729. The van der Waals surface area contributed by atoms with Crippen LogP contribution in [0.4, 0.5) is 0 Å². The highest BCUT2D eigenvalue weighted by Crippen LogP contribution is 2.00. The zero-order valence-electron chi connectivity index (χ0n) is 15.9. The SMILES string of the molecule is O=C(O)CCCN(CCN(CC(=O)O)CC(=O)O)CCN(CC(=O)O)CC(=O)O. The number of aliphatic carboxylic acids is 5. The molecule has 0 heterocycles. The van der Waals surface area contributed by atoms with Crippen LogP contribution < -0.4 is 0 Å². The topological polar surface area (TPSA) is 196 Å². The van der Waals surface area contributed by atoms with Crippen LogP contribution in [0.15, 0.2) is 0 Å². The zero-order chi connectivity index (χ0) is 22.4. The van der Waals surface area contributed by atoms with Crippen LogP contribution in [0.5, 0.6) is 0 Å². The van der Waals surface area contributed by atoms with Crippen molar-refractivity contribution in [3.63, 3.8) is 0 Å². The first-order valence-electron chi connectivity index (χ1n) is 8.75. The summed E-state index contributed by atoms with van der Waals surface area (Å²) in [6.07, 6.45) is 0.156. The highest BCUT2D eigenvalue weighted by Gasteiger charge is 2.18. The maximum atomic E-state index is 10.9. The fraction of sp³-hybridized carbons (Fsp3) is 0.688. The zero-order valence-corrected chi connectivity index (χ0v) is 15.9. The fourth-order valence-corrected chi connectivity index (χ4v) is 2.55. The summed E-state index contributed by atoms with van der Waals surface area (Å²) >= 11 is 0. The Morgan fingerprint density at radius 3 is 1.03 bits per heavy atom. The summed E-state index contributed by atoms with van der Waals surface area (Å²) in [6.45, 7) is -1.11. The van der Waals surface area contributed by atoms with Crippen molar-refractivity contribution < 1.29 is 49.5 Å². The monoisotopic (exact) mass is 421 g/mol. The lowest BCUT2D eigenvalue weighted by Gasteiger charge is -2.28. The lowest BCUT2D eigenvalue weighted by molar-refractivity contribution is -0.143. The van der Waals surface area contributed by atoms with E-state index in [2.05, 4.69) is 0 Å². The Kier molecular flexibility index (Phi) is 12.9. The first-order chi connectivity index (χ1) is 13.5. The summed E-state index contributed by atoms with van der Waals surface area (Å²) in [7, 11) is 0. The summed E-state index contributed by atoms with van der Waals surface area (Å²) in [6, 6.07) is 0. The van der Waals surface area contributed by atoms with Crippen LogP contribution >= 0.6 is 0 Å². The summed E-state index contributed by atoms with van der Waals surface area (Å²) in [5.74, 6) is -5.78. The molecule has 0 saturated carbocycles. The molecule has 13 nitrogen and oxygen atoms in total. The normalized spacial score (nSPS) is 11.1. The molecule has 0 aliphatic heterocycles. The molecule has 0 spiro atoms. The van der Waals surface area contributed by atoms with Crippen LogP contribution in [-0.2, 0) is 24.0 Å². The first-order valence-corrected chi connectivity index (χ1v) is 8.75. The van der Waals surface area contributed by atoms with Crippen molar-refractivity contribution in [3.8, 4) is 0 Å². The molecule has 29 heavy (non-hydrogen) atoms. The number of rotatable bonds is 18. The van der Waals surface area contributed by atoms with E-state index in [0.717, 1.165) is 0 Å². The van der Waals surface area contributed by atoms with Gasteiger partial charge in [0.1, 0.15) is 0 Å². The summed E-state index contributed by atoms with van der Waals surface area (Å²) < 4.78 is 0. The third kappa shape index (κ3) is 15.9. The Hall–Kier alpha value is -2.77. The minimum atomic E-state index is -1.20. The minimum Gasteiger partial charge on any atom is -0.481 e. The Bertz CT molecular complexity index is 511. The van der Waals surface area contributed by atoms with E-state index in [1.807, 2.05) is 0 Å². The highest BCUT2D eigenvalue weighted by molar-refractivity contribution is 5.73. The molecule has 0 aliphatic rings. The fourth-order valence-electron chi connectivity index (χ4n) is 2.55. The second-order valence-electron chi connectivity index (χ2n) is 6.34. The van der Waals surface area contributed by atoms with Crippen LogP contribution in [0.25, 0.3) is 0 Å². The lowest BCUT2D eigenvalue weighted by atomic mass is 10.2. The van der Waals surface area contributed by atoms with Gasteiger partial charge in [-0.3, -0.25) is 33.8 Å². The summed E-state index contributed by atoms with van der Waals surface area (Å²) in [5.41, 5.74) is 0. The number of hydrogen-bond acceptors (Lipinski definition) is 8. The largest absolute Gasteiger partial charge is 0.481 e. The average Bonchev–Trinajstić information content (AvgIpc) is 2.53. The van der Waals surface area contributed by atoms with E-state index >= 15 is 0 Å². The molecule has 0 aromatic rings. The van der Waals surface area contributed by atoms with Gasteiger partial charge >= 0.3 is 29.8 Å². The molecule has 0 amide bonds. The summed E-state index contributed by atoms with van der Waals surface area (Å²) in [5, 5.41) is 44.3. The Morgan fingerprint density at radius 2 is 0.759 bits per heavy atom. The Labute approximate surface area is 166 Å². The molecule has 0 aromatic heterocycles. The van der Waals surface area contributed by atoms with E-state index in [4.69, 9.17) is 25.5 Å². The van der Waals surface area contributed by atoms with Crippen molar-refractivity contribution >= 4 is 29.8 Å². The van der Waals surface area contributed by atoms with Crippen molar-refractivity contribution in [1.29, 1.82) is 0 Å². The molecule has 5 N–H and O–H groups in total. The predicted molar refractivity (Wildman–Crippen MR) is 96.7 cm³/mol. The van der Waals surface area contributed by atoms with E-state index in [1.54, 1.807) is 4.90 Å². The van der Waals surface area contributed by atoms with Crippen LogP contribution in [0.3, 0.4) is 0 Å². The molecular formula is C16H27N3O10. The van der Waals surface area contributed by atoms with Gasteiger partial charge in [0.05, 0.1) is 26.2 Å². The predicted octanol–water partition coefficient (Wildman–Crippen LogP) is -1.90. The molecule has 0 aliphatic carbocycles. The van der Waals surface area contributed by atoms with Gasteiger partial charge in [0.15, 0.2) is 0 Å². The number of hydrogen-bond donors (Lipinski definition) is 5. The number of nitrogens with zero attached hydrogens (tertiary/aromatic N) is 3. The van der Waals surface area contributed by atoms with Gasteiger partial charge < -0.3 is 30.4 Å². The highest BCUT2D eigenvalue weighted by atomic mass is 16.4. The second kappa shape index (κ2) is 14.3. The quantitative estimate of drug-likeness (QED) is 0.165. The van der Waals surface area contributed by atoms with E-state index in [9.17, 15) is 24.0 Å². The number of carboxylic acids is 5. The van der Waals surface area contributed by atoms with Gasteiger partial charge in [-0.25, -0.2) is 0 Å².